The van der Waals surface area contributed by atoms with E-state index in [4.69, 9.17) is 11.6 Å². The quantitative estimate of drug-likeness (QED) is 0.885. The summed E-state index contributed by atoms with van der Waals surface area (Å²) in [6.45, 7) is 1.78. The van der Waals surface area contributed by atoms with Crippen LogP contribution in [0.1, 0.15) is 34.1 Å². The molecule has 1 aliphatic heterocycles. The summed E-state index contributed by atoms with van der Waals surface area (Å²) in [6, 6.07) is 8.86. The van der Waals surface area contributed by atoms with Crippen LogP contribution in [-0.4, -0.2) is 16.6 Å². The van der Waals surface area contributed by atoms with E-state index in [0.29, 0.717) is 5.02 Å². The Morgan fingerprint density at radius 2 is 2.18 bits per heavy atom. The second kappa shape index (κ2) is 6.18. The van der Waals surface area contributed by atoms with Gasteiger partial charge in [0, 0.05) is 21.4 Å². The molecule has 1 aliphatic rings. The highest BCUT2D eigenvalue weighted by molar-refractivity contribution is 7.99. The number of fused-ring (bicyclic) bond motifs is 1. The van der Waals surface area contributed by atoms with Gasteiger partial charge in [-0.25, -0.2) is 0 Å². The summed E-state index contributed by atoms with van der Waals surface area (Å²) in [5, 5.41) is 3.59. The molecule has 2 N–H and O–H groups in total. The lowest BCUT2D eigenvalue weighted by Crippen LogP contribution is -2.34. The largest absolute Gasteiger partial charge is 0.345 e. The van der Waals surface area contributed by atoms with Crippen molar-refractivity contribution in [3.63, 3.8) is 0 Å². The first-order valence-corrected chi connectivity index (χ1v) is 8.34. The van der Waals surface area contributed by atoms with E-state index in [1.165, 1.54) is 0 Å². The Bertz CT molecular complexity index is 788. The molecule has 0 aliphatic carbocycles. The number of rotatable bonds is 2. The number of amides is 1. The van der Waals surface area contributed by atoms with E-state index in [-0.39, 0.29) is 23.1 Å². The highest BCUT2D eigenvalue weighted by Crippen LogP contribution is 2.37. The Hall–Kier alpha value is -1.72. The minimum atomic E-state index is -0.367. The molecule has 1 unspecified atom stereocenters. The van der Waals surface area contributed by atoms with E-state index >= 15 is 0 Å². The van der Waals surface area contributed by atoms with Crippen molar-refractivity contribution < 1.29 is 4.79 Å². The molecule has 3 rings (SSSR count). The number of benzene rings is 1. The van der Waals surface area contributed by atoms with E-state index in [9.17, 15) is 9.59 Å². The highest BCUT2D eigenvalue weighted by Gasteiger charge is 2.24. The summed E-state index contributed by atoms with van der Waals surface area (Å²) in [6.07, 6.45) is 0.813. The van der Waals surface area contributed by atoms with Crippen LogP contribution in [0.3, 0.4) is 0 Å². The summed E-state index contributed by atoms with van der Waals surface area (Å²) in [4.78, 5) is 28.0. The van der Waals surface area contributed by atoms with Crippen LogP contribution < -0.4 is 10.9 Å². The number of nitrogens with one attached hydrogen (secondary N) is 2. The Kier molecular flexibility index (Phi) is 4.27. The summed E-state index contributed by atoms with van der Waals surface area (Å²) in [5.74, 6) is 0.563. The molecule has 2 aromatic rings. The fourth-order valence-electron chi connectivity index (χ4n) is 2.50. The number of H-pyrrole nitrogens is 1. The van der Waals surface area contributed by atoms with E-state index in [0.717, 1.165) is 28.3 Å². The van der Waals surface area contributed by atoms with Crippen molar-refractivity contribution in [3.05, 3.63) is 62.5 Å². The first kappa shape index (κ1) is 15.2. The van der Waals surface area contributed by atoms with Crippen molar-refractivity contribution >= 4 is 29.3 Å². The lowest BCUT2D eigenvalue weighted by Gasteiger charge is -2.26. The standard InChI is InChI=1S/C16H15ClN2O2S/c1-9-2-4-11(15(20)18-9)16(21)19-13-6-7-22-14-5-3-10(17)8-12(13)14/h2-5,8,13H,6-7H2,1H3,(H,18,20)(H,19,21). The van der Waals surface area contributed by atoms with Gasteiger partial charge in [0.2, 0.25) is 0 Å². The van der Waals surface area contributed by atoms with Crippen molar-refractivity contribution in [2.45, 2.75) is 24.3 Å². The molecule has 0 fully saturated rings. The molecule has 2 heterocycles. The minimum Gasteiger partial charge on any atom is -0.345 e. The molecule has 0 radical (unpaired) electrons. The molecular formula is C16H15ClN2O2S. The van der Waals surface area contributed by atoms with E-state index < -0.39 is 0 Å². The second-order valence-corrected chi connectivity index (χ2v) is 6.80. The average Bonchev–Trinajstić information content (AvgIpc) is 2.47. The summed E-state index contributed by atoms with van der Waals surface area (Å²) in [7, 11) is 0. The maximum atomic E-state index is 12.4. The first-order chi connectivity index (χ1) is 10.5. The van der Waals surface area contributed by atoms with Gasteiger partial charge < -0.3 is 10.3 Å². The predicted octanol–water partition coefficient (Wildman–Crippen LogP) is 3.30. The third kappa shape index (κ3) is 3.05. The van der Waals surface area contributed by atoms with Gasteiger partial charge in [0.25, 0.3) is 11.5 Å². The number of hydrogen-bond acceptors (Lipinski definition) is 3. The van der Waals surface area contributed by atoms with Crippen LogP contribution in [0.5, 0.6) is 0 Å². The highest BCUT2D eigenvalue weighted by atomic mass is 35.5. The first-order valence-electron chi connectivity index (χ1n) is 6.97. The Morgan fingerprint density at radius 1 is 1.36 bits per heavy atom. The molecular weight excluding hydrogens is 320 g/mol. The topological polar surface area (TPSA) is 62.0 Å². The van der Waals surface area contributed by atoms with Gasteiger partial charge in [-0.1, -0.05) is 11.6 Å². The normalized spacial score (nSPS) is 16.9. The molecule has 114 valence electrons. The van der Waals surface area contributed by atoms with Gasteiger partial charge >= 0.3 is 0 Å². The average molecular weight is 335 g/mol. The van der Waals surface area contributed by atoms with Gasteiger partial charge in [0.1, 0.15) is 5.56 Å². The molecule has 1 atom stereocenters. The molecule has 0 bridgehead atoms. The van der Waals surface area contributed by atoms with Crippen LogP contribution in [0.25, 0.3) is 0 Å². The zero-order chi connectivity index (χ0) is 15.7. The number of aryl methyl sites for hydroxylation is 1. The number of carbonyl (C=O) groups is 1. The molecule has 6 heteroatoms. The summed E-state index contributed by atoms with van der Waals surface area (Å²) < 4.78 is 0. The fraction of sp³-hybridized carbons (Fsp3) is 0.250. The van der Waals surface area contributed by atoms with Gasteiger partial charge in [-0.05, 0) is 49.2 Å². The van der Waals surface area contributed by atoms with Crippen molar-refractivity contribution in [1.29, 1.82) is 0 Å². The Morgan fingerprint density at radius 3 is 2.95 bits per heavy atom. The van der Waals surface area contributed by atoms with Crippen LogP contribution in [0, 0.1) is 6.92 Å². The van der Waals surface area contributed by atoms with Gasteiger partial charge in [-0.3, -0.25) is 9.59 Å². The van der Waals surface area contributed by atoms with Gasteiger partial charge in [-0.15, -0.1) is 11.8 Å². The van der Waals surface area contributed by atoms with E-state index in [1.54, 1.807) is 30.8 Å². The van der Waals surface area contributed by atoms with Gasteiger partial charge in [0.05, 0.1) is 6.04 Å². The van der Waals surface area contributed by atoms with Crippen molar-refractivity contribution in [3.8, 4) is 0 Å². The number of halogens is 1. The van der Waals surface area contributed by atoms with Crippen LogP contribution in [0.2, 0.25) is 5.02 Å². The van der Waals surface area contributed by atoms with Crippen molar-refractivity contribution in [2.24, 2.45) is 0 Å². The number of hydrogen-bond donors (Lipinski definition) is 2. The number of carbonyl (C=O) groups excluding carboxylic acids is 1. The number of thioether (sulfide) groups is 1. The molecule has 1 aromatic heterocycles. The molecule has 1 amide bonds. The maximum absolute atomic E-state index is 12.4. The molecule has 0 saturated carbocycles. The third-order valence-electron chi connectivity index (χ3n) is 3.62. The smallest absolute Gasteiger partial charge is 0.260 e. The maximum Gasteiger partial charge on any atom is 0.260 e. The molecule has 22 heavy (non-hydrogen) atoms. The van der Waals surface area contributed by atoms with Crippen LogP contribution in [0.15, 0.2) is 40.0 Å². The van der Waals surface area contributed by atoms with Crippen LogP contribution in [-0.2, 0) is 0 Å². The number of pyridine rings is 1. The predicted molar refractivity (Wildman–Crippen MR) is 88.8 cm³/mol. The summed E-state index contributed by atoms with van der Waals surface area (Å²) >= 11 is 7.81. The lowest BCUT2D eigenvalue weighted by atomic mass is 10.0. The van der Waals surface area contributed by atoms with Crippen molar-refractivity contribution in [2.75, 3.05) is 5.75 Å². The molecule has 0 saturated heterocycles. The zero-order valence-electron chi connectivity index (χ0n) is 12.0. The minimum absolute atomic E-state index is 0.122. The molecule has 1 aromatic carbocycles. The molecule has 0 spiro atoms. The van der Waals surface area contributed by atoms with Gasteiger partial charge in [-0.2, -0.15) is 0 Å². The van der Waals surface area contributed by atoms with Crippen molar-refractivity contribution in [1.82, 2.24) is 10.3 Å². The third-order valence-corrected chi connectivity index (χ3v) is 4.97. The van der Waals surface area contributed by atoms with Crippen LogP contribution in [0.4, 0.5) is 0 Å². The monoisotopic (exact) mass is 334 g/mol. The van der Waals surface area contributed by atoms with Crippen LogP contribution >= 0.6 is 23.4 Å². The Balaban J connectivity index is 1.87. The van der Waals surface area contributed by atoms with E-state index in [1.807, 2.05) is 18.2 Å². The van der Waals surface area contributed by atoms with Gasteiger partial charge in [0.15, 0.2) is 0 Å². The molecule has 4 nitrogen and oxygen atoms in total. The zero-order valence-corrected chi connectivity index (χ0v) is 13.6. The SMILES string of the molecule is Cc1ccc(C(=O)NC2CCSc3ccc(Cl)cc32)c(=O)[nH]1. The fourth-order valence-corrected chi connectivity index (χ4v) is 3.79. The number of aromatic amines is 1. The summed E-state index contributed by atoms with van der Waals surface area (Å²) in [5.41, 5.74) is 1.51. The second-order valence-electron chi connectivity index (χ2n) is 5.23. The lowest BCUT2D eigenvalue weighted by molar-refractivity contribution is 0.0933. The Labute approximate surface area is 137 Å². The van der Waals surface area contributed by atoms with E-state index in [2.05, 4.69) is 10.3 Å². The number of aromatic nitrogens is 1.